The second-order valence-electron chi connectivity index (χ2n) is 5.23. The zero-order valence-corrected chi connectivity index (χ0v) is 11.2. The van der Waals surface area contributed by atoms with Crippen LogP contribution < -0.4 is 5.73 Å². The zero-order valence-electron chi connectivity index (χ0n) is 11.2. The Hall–Kier alpha value is -0.120. The van der Waals surface area contributed by atoms with E-state index in [0.29, 0.717) is 12.6 Å². The van der Waals surface area contributed by atoms with Gasteiger partial charge in [0.2, 0.25) is 0 Å². The van der Waals surface area contributed by atoms with Gasteiger partial charge in [0.05, 0.1) is 12.1 Å². The Morgan fingerprint density at radius 3 is 2.75 bits per heavy atom. The maximum absolute atomic E-state index is 5.97. The van der Waals surface area contributed by atoms with E-state index in [0.717, 1.165) is 13.2 Å². The van der Waals surface area contributed by atoms with Gasteiger partial charge >= 0.3 is 0 Å². The molecule has 0 spiro atoms. The highest BCUT2D eigenvalue weighted by Crippen LogP contribution is 2.25. The molecule has 2 unspecified atom stereocenters. The highest BCUT2D eigenvalue weighted by molar-refractivity contribution is 4.91. The van der Waals surface area contributed by atoms with Gasteiger partial charge < -0.3 is 10.5 Å². The number of ether oxygens (including phenoxy) is 1. The van der Waals surface area contributed by atoms with E-state index >= 15 is 0 Å². The largest absolute Gasteiger partial charge is 0.380 e. The molecule has 0 radical (unpaired) electrons. The lowest BCUT2D eigenvalue weighted by Gasteiger charge is -2.43. The van der Waals surface area contributed by atoms with Crippen LogP contribution in [0.25, 0.3) is 0 Å². The van der Waals surface area contributed by atoms with Crippen LogP contribution in [-0.4, -0.2) is 42.8 Å². The molecule has 0 aromatic rings. The molecule has 96 valence electrons. The number of nitrogens with two attached hydrogens (primary N) is 1. The SMILES string of the molecule is CCOCC(C)(CN)N1CCCCCC1C. The van der Waals surface area contributed by atoms with Crippen LogP contribution >= 0.6 is 0 Å². The van der Waals surface area contributed by atoms with Crippen molar-refractivity contribution in [2.75, 3.05) is 26.3 Å². The Morgan fingerprint density at radius 1 is 1.38 bits per heavy atom. The Labute approximate surface area is 100 Å². The van der Waals surface area contributed by atoms with Crippen molar-refractivity contribution >= 4 is 0 Å². The number of rotatable bonds is 5. The molecule has 1 fully saturated rings. The maximum Gasteiger partial charge on any atom is 0.0660 e. The predicted octanol–water partition coefficient (Wildman–Crippen LogP) is 2.00. The molecule has 3 heteroatoms. The van der Waals surface area contributed by atoms with Gasteiger partial charge in [-0.05, 0) is 40.2 Å². The molecule has 16 heavy (non-hydrogen) atoms. The smallest absolute Gasteiger partial charge is 0.0660 e. The van der Waals surface area contributed by atoms with Crippen LogP contribution in [0, 0.1) is 0 Å². The van der Waals surface area contributed by atoms with Crippen LogP contribution in [0.1, 0.15) is 46.5 Å². The first kappa shape index (κ1) is 13.9. The van der Waals surface area contributed by atoms with Crippen LogP contribution in [0.15, 0.2) is 0 Å². The van der Waals surface area contributed by atoms with Crippen molar-refractivity contribution in [2.45, 2.75) is 58.0 Å². The maximum atomic E-state index is 5.97. The molecule has 1 heterocycles. The molecule has 1 rings (SSSR count). The number of hydrogen-bond donors (Lipinski definition) is 1. The number of likely N-dealkylation sites (tertiary alicyclic amines) is 1. The fourth-order valence-corrected chi connectivity index (χ4v) is 2.66. The Bertz CT molecular complexity index is 198. The summed E-state index contributed by atoms with van der Waals surface area (Å²) < 4.78 is 5.61. The highest BCUT2D eigenvalue weighted by atomic mass is 16.5. The molecule has 0 aromatic heterocycles. The third kappa shape index (κ3) is 3.44. The summed E-state index contributed by atoms with van der Waals surface area (Å²) in [5, 5.41) is 0. The molecule has 2 atom stereocenters. The summed E-state index contributed by atoms with van der Waals surface area (Å²) in [5.41, 5.74) is 5.98. The van der Waals surface area contributed by atoms with Gasteiger partial charge in [0.15, 0.2) is 0 Å². The first-order valence-electron chi connectivity index (χ1n) is 6.68. The summed E-state index contributed by atoms with van der Waals surface area (Å²) in [7, 11) is 0. The second-order valence-corrected chi connectivity index (χ2v) is 5.23. The van der Waals surface area contributed by atoms with Crippen LogP contribution in [-0.2, 0) is 4.74 Å². The van der Waals surface area contributed by atoms with E-state index in [1.165, 1.54) is 32.2 Å². The first-order chi connectivity index (χ1) is 7.64. The first-order valence-corrected chi connectivity index (χ1v) is 6.68. The predicted molar refractivity (Wildman–Crippen MR) is 68.6 cm³/mol. The van der Waals surface area contributed by atoms with Crippen LogP contribution in [0.4, 0.5) is 0 Å². The minimum atomic E-state index is 0.0137. The minimum Gasteiger partial charge on any atom is -0.380 e. The molecule has 0 bridgehead atoms. The van der Waals surface area contributed by atoms with Gasteiger partial charge in [0.25, 0.3) is 0 Å². The van der Waals surface area contributed by atoms with Gasteiger partial charge in [0, 0.05) is 19.2 Å². The fraction of sp³-hybridized carbons (Fsp3) is 1.00. The van der Waals surface area contributed by atoms with Gasteiger partial charge in [-0.25, -0.2) is 0 Å². The van der Waals surface area contributed by atoms with Crippen LogP contribution in [0.3, 0.4) is 0 Å². The van der Waals surface area contributed by atoms with Gasteiger partial charge in [-0.15, -0.1) is 0 Å². The average molecular weight is 228 g/mol. The molecule has 2 N–H and O–H groups in total. The van der Waals surface area contributed by atoms with Gasteiger partial charge in [-0.3, -0.25) is 4.90 Å². The van der Waals surface area contributed by atoms with E-state index in [1.54, 1.807) is 0 Å². The van der Waals surface area contributed by atoms with Gasteiger partial charge in [-0.1, -0.05) is 12.8 Å². The third-order valence-electron chi connectivity index (χ3n) is 3.80. The third-order valence-corrected chi connectivity index (χ3v) is 3.80. The van der Waals surface area contributed by atoms with Crippen molar-refractivity contribution in [3.8, 4) is 0 Å². The molecular weight excluding hydrogens is 200 g/mol. The van der Waals surface area contributed by atoms with Crippen LogP contribution in [0.5, 0.6) is 0 Å². The molecule has 1 saturated heterocycles. The summed E-state index contributed by atoms with van der Waals surface area (Å²) in [5.74, 6) is 0. The summed E-state index contributed by atoms with van der Waals surface area (Å²) in [6.07, 6.45) is 5.30. The van der Waals surface area contributed by atoms with Crippen molar-refractivity contribution < 1.29 is 4.74 Å². The molecule has 0 aliphatic carbocycles. The van der Waals surface area contributed by atoms with Gasteiger partial charge in [0.1, 0.15) is 0 Å². The Balaban J connectivity index is 2.66. The fourth-order valence-electron chi connectivity index (χ4n) is 2.66. The molecular formula is C13H28N2O. The van der Waals surface area contributed by atoms with E-state index in [9.17, 15) is 0 Å². The zero-order chi connectivity index (χ0) is 12.0. The topological polar surface area (TPSA) is 38.5 Å². The molecule has 0 saturated carbocycles. The average Bonchev–Trinajstić information content (AvgIpc) is 2.51. The summed E-state index contributed by atoms with van der Waals surface area (Å²) >= 11 is 0. The normalized spacial score (nSPS) is 27.4. The summed E-state index contributed by atoms with van der Waals surface area (Å²) in [6, 6.07) is 0.636. The number of hydrogen-bond acceptors (Lipinski definition) is 3. The van der Waals surface area contributed by atoms with E-state index < -0.39 is 0 Å². The Morgan fingerprint density at radius 2 is 2.12 bits per heavy atom. The molecule has 0 amide bonds. The van der Waals surface area contributed by atoms with Crippen molar-refractivity contribution in [3.05, 3.63) is 0 Å². The van der Waals surface area contributed by atoms with Crippen LogP contribution in [0.2, 0.25) is 0 Å². The highest BCUT2D eigenvalue weighted by Gasteiger charge is 2.34. The lowest BCUT2D eigenvalue weighted by Crippen LogP contribution is -2.57. The van der Waals surface area contributed by atoms with Crippen molar-refractivity contribution in [3.63, 3.8) is 0 Å². The molecule has 0 aromatic carbocycles. The monoisotopic (exact) mass is 228 g/mol. The Kier molecular flexibility index (Phi) is 5.73. The van der Waals surface area contributed by atoms with Crippen molar-refractivity contribution in [1.82, 2.24) is 4.90 Å². The lowest BCUT2D eigenvalue weighted by atomic mass is 9.98. The quantitative estimate of drug-likeness (QED) is 0.782. The summed E-state index contributed by atoms with van der Waals surface area (Å²) in [6.45, 7) is 9.99. The van der Waals surface area contributed by atoms with Gasteiger partial charge in [-0.2, -0.15) is 0 Å². The number of nitrogens with zero attached hydrogens (tertiary/aromatic N) is 1. The molecule has 1 aliphatic rings. The standard InChI is InChI=1S/C13H28N2O/c1-4-16-11-13(3,10-14)15-9-7-5-6-8-12(15)2/h12H,4-11,14H2,1-3H3. The van der Waals surface area contributed by atoms with Crippen molar-refractivity contribution in [1.29, 1.82) is 0 Å². The van der Waals surface area contributed by atoms with Crippen molar-refractivity contribution in [2.24, 2.45) is 5.73 Å². The van der Waals surface area contributed by atoms with E-state index in [-0.39, 0.29) is 5.54 Å². The summed E-state index contributed by atoms with van der Waals surface area (Å²) in [4.78, 5) is 2.57. The lowest BCUT2D eigenvalue weighted by molar-refractivity contribution is -0.00833. The minimum absolute atomic E-state index is 0.0137. The molecule has 3 nitrogen and oxygen atoms in total. The molecule has 1 aliphatic heterocycles. The van der Waals surface area contributed by atoms with E-state index in [1.807, 2.05) is 6.92 Å². The second kappa shape index (κ2) is 6.58. The van der Waals surface area contributed by atoms with E-state index in [4.69, 9.17) is 10.5 Å². The van der Waals surface area contributed by atoms with E-state index in [2.05, 4.69) is 18.7 Å².